The van der Waals surface area contributed by atoms with Crippen molar-refractivity contribution in [2.45, 2.75) is 45.1 Å². The van der Waals surface area contributed by atoms with Crippen LogP contribution in [0.3, 0.4) is 0 Å². The average Bonchev–Trinajstić information content (AvgIpc) is 2.03. The summed E-state index contributed by atoms with van der Waals surface area (Å²) in [6, 6.07) is 0.643. The molecule has 0 unspecified atom stereocenters. The van der Waals surface area contributed by atoms with Crippen molar-refractivity contribution in [3.8, 4) is 0 Å². The molecule has 0 spiro atoms. The van der Waals surface area contributed by atoms with Crippen LogP contribution in [0.1, 0.15) is 39.0 Å². The van der Waals surface area contributed by atoms with Gasteiger partial charge in [0.05, 0.1) is 0 Å². The van der Waals surface area contributed by atoms with Gasteiger partial charge in [0.15, 0.2) is 0 Å². The van der Waals surface area contributed by atoms with Gasteiger partial charge < -0.3 is 5.32 Å². The fourth-order valence-electron chi connectivity index (χ4n) is 1.44. The summed E-state index contributed by atoms with van der Waals surface area (Å²) in [4.78, 5) is 0. The summed E-state index contributed by atoms with van der Waals surface area (Å²) in [7, 11) is 0. The molecular formula is C9H16LiN. The predicted octanol–water partition coefficient (Wildman–Crippen LogP) is 0.230. The van der Waals surface area contributed by atoms with Crippen molar-refractivity contribution >= 4 is 0 Å². The van der Waals surface area contributed by atoms with Gasteiger partial charge in [-0.2, -0.15) is 6.20 Å². The van der Waals surface area contributed by atoms with Crippen LogP contribution in [0.2, 0.25) is 0 Å². The molecule has 0 bridgehead atoms. The Labute approximate surface area is 81.8 Å². The average molecular weight is 145 g/mol. The van der Waals surface area contributed by atoms with Crippen LogP contribution in [0.15, 0.2) is 12.3 Å². The van der Waals surface area contributed by atoms with Gasteiger partial charge in [0, 0.05) is 0 Å². The summed E-state index contributed by atoms with van der Waals surface area (Å²) < 4.78 is 0. The second-order valence-corrected chi connectivity index (χ2v) is 2.92. The molecule has 1 nitrogen and oxygen atoms in total. The van der Waals surface area contributed by atoms with Crippen LogP contribution in [0, 0.1) is 0 Å². The van der Waals surface area contributed by atoms with Crippen LogP contribution in [0.4, 0.5) is 0 Å². The zero-order valence-corrected chi connectivity index (χ0v) is 7.71. The summed E-state index contributed by atoms with van der Waals surface area (Å²) in [6.45, 7) is 2.02. The standard InChI is InChI=1S/C9H16N.Li/c1-2-8-10-9-6-4-3-5-7-9;/h2,8-9H,3-7H2,1H3;/q-1;+1/b8-2-;. The van der Waals surface area contributed by atoms with Crippen molar-refractivity contribution < 1.29 is 18.9 Å². The van der Waals surface area contributed by atoms with E-state index in [1.54, 1.807) is 0 Å². The number of hydrogen-bond donors (Lipinski definition) is 0. The molecule has 58 valence electrons. The topological polar surface area (TPSA) is 14.1 Å². The Bertz CT molecular complexity index is 106. The minimum Gasteiger partial charge on any atom is -0.688 e. The maximum absolute atomic E-state index is 4.42. The minimum absolute atomic E-state index is 0. The molecule has 1 fully saturated rings. The second kappa shape index (κ2) is 6.82. The van der Waals surface area contributed by atoms with E-state index in [1.807, 2.05) is 19.2 Å². The van der Waals surface area contributed by atoms with Gasteiger partial charge in [0.2, 0.25) is 0 Å². The Kier molecular flexibility index (Phi) is 6.91. The summed E-state index contributed by atoms with van der Waals surface area (Å²) in [5, 5.41) is 4.42. The third-order valence-corrected chi connectivity index (χ3v) is 2.02. The van der Waals surface area contributed by atoms with E-state index in [0.29, 0.717) is 6.04 Å². The molecule has 1 aliphatic carbocycles. The van der Waals surface area contributed by atoms with Gasteiger partial charge in [-0.05, 0) is 6.92 Å². The zero-order chi connectivity index (χ0) is 7.23. The number of nitrogens with zero attached hydrogens (tertiary/aromatic N) is 1. The first-order chi connectivity index (χ1) is 4.93. The molecule has 1 aliphatic rings. The molecule has 0 heterocycles. The van der Waals surface area contributed by atoms with Gasteiger partial charge in [-0.1, -0.05) is 32.1 Å². The molecule has 1 rings (SSSR count). The Hall–Kier alpha value is 0.137. The van der Waals surface area contributed by atoms with Crippen LogP contribution >= 0.6 is 0 Å². The molecule has 0 radical (unpaired) electrons. The van der Waals surface area contributed by atoms with Crippen molar-refractivity contribution in [3.05, 3.63) is 17.6 Å². The smallest absolute Gasteiger partial charge is 0.688 e. The first kappa shape index (κ1) is 11.1. The van der Waals surface area contributed by atoms with Gasteiger partial charge in [0.1, 0.15) is 0 Å². The van der Waals surface area contributed by atoms with E-state index >= 15 is 0 Å². The Morgan fingerprint density at radius 3 is 2.36 bits per heavy atom. The van der Waals surface area contributed by atoms with E-state index in [1.165, 1.54) is 32.1 Å². The van der Waals surface area contributed by atoms with E-state index < -0.39 is 0 Å². The third kappa shape index (κ3) is 4.56. The first-order valence-electron chi connectivity index (χ1n) is 4.24. The fourth-order valence-corrected chi connectivity index (χ4v) is 1.44. The summed E-state index contributed by atoms with van der Waals surface area (Å²) in [5.41, 5.74) is 0. The largest absolute Gasteiger partial charge is 1.00 e. The van der Waals surface area contributed by atoms with Crippen LogP contribution in [-0.2, 0) is 0 Å². The SMILES string of the molecule is C/C=C\[N-]C1CCCCC1.[Li+]. The van der Waals surface area contributed by atoms with Crippen molar-refractivity contribution in [1.29, 1.82) is 0 Å². The van der Waals surface area contributed by atoms with E-state index in [0.717, 1.165) is 0 Å². The third-order valence-electron chi connectivity index (χ3n) is 2.02. The second-order valence-electron chi connectivity index (χ2n) is 2.92. The zero-order valence-electron chi connectivity index (χ0n) is 7.71. The van der Waals surface area contributed by atoms with Gasteiger partial charge in [0.25, 0.3) is 0 Å². The van der Waals surface area contributed by atoms with E-state index in [4.69, 9.17) is 0 Å². The number of rotatable bonds is 2. The fraction of sp³-hybridized carbons (Fsp3) is 0.778. The van der Waals surface area contributed by atoms with Crippen molar-refractivity contribution in [2.75, 3.05) is 0 Å². The first-order valence-corrected chi connectivity index (χ1v) is 4.24. The van der Waals surface area contributed by atoms with E-state index in [2.05, 4.69) is 5.32 Å². The molecule has 0 N–H and O–H groups in total. The summed E-state index contributed by atoms with van der Waals surface area (Å²) >= 11 is 0. The molecule has 0 aliphatic heterocycles. The molecule has 1 saturated carbocycles. The van der Waals surface area contributed by atoms with Gasteiger partial charge in [-0.3, -0.25) is 0 Å². The summed E-state index contributed by atoms with van der Waals surface area (Å²) in [5.74, 6) is 0. The minimum atomic E-state index is 0. The molecule has 0 atom stereocenters. The van der Waals surface area contributed by atoms with Crippen LogP contribution in [0.25, 0.3) is 5.32 Å². The molecule has 11 heavy (non-hydrogen) atoms. The Morgan fingerprint density at radius 2 is 1.82 bits per heavy atom. The van der Waals surface area contributed by atoms with Crippen molar-refractivity contribution in [2.24, 2.45) is 0 Å². The molecule has 2 heteroatoms. The molecule has 0 saturated heterocycles. The Morgan fingerprint density at radius 1 is 1.18 bits per heavy atom. The predicted molar refractivity (Wildman–Crippen MR) is 45.0 cm³/mol. The molecule has 0 aromatic rings. The monoisotopic (exact) mass is 145 g/mol. The normalized spacial score (nSPS) is 19.7. The Balaban J connectivity index is 0.000001000. The van der Waals surface area contributed by atoms with Gasteiger partial charge >= 0.3 is 18.9 Å². The maximum Gasteiger partial charge on any atom is 1.00 e. The van der Waals surface area contributed by atoms with Gasteiger partial charge in [-0.15, -0.1) is 12.1 Å². The maximum atomic E-state index is 4.42. The van der Waals surface area contributed by atoms with E-state index in [-0.39, 0.29) is 18.9 Å². The molecule has 0 amide bonds. The summed E-state index contributed by atoms with van der Waals surface area (Å²) in [6.07, 6.45) is 10.7. The molecule has 0 aromatic carbocycles. The molecular weight excluding hydrogens is 129 g/mol. The van der Waals surface area contributed by atoms with Crippen molar-refractivity contribution in [1.82, 2.24) is 0 Å². The number of allylic oxidation sites excluding steroid dienone is 1. The van der Waals surface area contributed by atoms with Crippen molar-refractivity contribution in [3.63, 3.8) is 0 Å². The van der Waals surface area contributed by atoms with Crippen LogP contribution < -0.4 is 18.9 Å². The number of hydrogen-bond acceptors (Lipinski definition) is 0. The van der Waals surface area contributed by atoms with E-state index in [9.17, 15) is 0 Å². The van der Waals surface area contributed by atoms with Crippen LogP contribution in [-0.4, -0.2) is 6.04 Å². The van der Waals surface area contributed by atoms with Gasteiger partial charge in [-0.25, -0.2) is 0 Å². The molecule has 0 aromatic heterocycles. The van der Waals surface area contributed by atoms with Crippen LogP contribution in [0.5, 0.6) is 0 Å². The quantitative estimate of drug-likeness (QED) is 0.494.